The van der Waals surface area contributed by atoms with Crippen LogP contribution in [0, 0.1) is 13.8 Å². The van der Waals surface area contributed by atoms with E-state index in [9.17, 15) is 9.59 Å². The standard InChI is InChI=1S/C18H23N3O3S/c1-12-8-13(2)10-14(9-12)24-6-5-20-17(22)11-15(21-18(19)23)16-4-3-7-25-16/h3-4,7-10,15H,5-6,11H2,1-2H3,(H,20,22)(H3,19,21,23). The van der Waals surface area contributed by atoms with E-state index in [2.05, 4.69) is 16.7 Å². The Balaban J connectivity index is 1.78. The first-order valence-electron chi connectivity index (χ1n) is 8.01. The van der Waals surface area contributed by atoms with Gasteiger partial charge in [-0.3, -0.25) is 4.79 Å². The van der Waals surface area contributed by atoms with Crippen LogP contribution in [-0.4, -0.2) is 25.1 Å². The number of urea groups is 1. The number of carbonyl (C=O) groups is 2. The molecule has 0 saturated carbocycles. The quantitative estimate of drug-likeness (QED) is 0.631. The van der Waals surface area contributed by atoms with Crippen molar-refractivity contribution in [1.82, 2.24) is 10.6 Å². The molecule has 1 aromatic carbocycles. The Hall–Kier alpha value is -2.54. The zero-order valence-electron chi connectivity index (χ0n) is 14.4. The minimum absolute atomic E-state index is 0.132. The molecule has 0 aliphatic carbocycles. The third-order valence-corrected chi connectivity index (χ3v) is 4.47. The van der Waals surface area contributed by atoms with Crippen molar-refractivity contribution in [2.75, 3.05) is 13.2 Å². The predicted octanol–water partition coefficient (Wildman–Crippen LogP) is 2.66. The van der Waals surface area contributed by atoms with Crippen LogP contribution in [0.3, 0.4) is 0 Å². The van der Waals surface area contributed by atoms with E-state index < -0.39 is 12.1 Å². The van der Waals surface area contributed by atoms with Gasteiger partial charge >= 0.3 is 6.03 Å². The highest BCUT2D eigenvalue weighted by molar-refractivity contribution is 7.10. The largest absolute Gasteiger partial charge is 0.492 e. The molecule has 0 fully saturated rings. The summed E-state index contributed by atoms with van der Waals surface area (Å²) in [6.45, 7) is 4.79. The van der Waals surface area contributed by atoms with Crippen molar-refractivity contribution in [3.63, 3.8) is 0 Å². The second-order valence-corrected chi connectivity index (χ2v) is 6.78. The van der Waals surface area contributed by atoms with E-state index in [1.165, 1.54) is 11.3 Å². The van der Waals surface area contributed by atoms with E-state index in [0.717, 1.165) is 21.8 Å². The summed E-state index contributed by atoms with van der Waals surface area (Å²) < 4.78 is 5.66. The lowest BCUT2D eigenvalue weighted by Crippen LogP contribution is -2.37. The van der Waals surface area contributed by atoms with Crippen LogP contribution in [-0.2, 0) is 4.79 Å². The van der Waals surface area contributed by atoms with Gasteiger partial charge in [-0.2, -0.15) is 0 Å². The first kappa shape index (κ1) is 18.8. The molecule has 4 N–H and O–H groups in total. The Morgan fingerprint density at radius 2 is 1.96 bits per heavy atom. The summed E-state index contributed by atoms with van der Waals surface area (Å²) in [7, 11) is 0. The second-order valence-electron chi connectivity index (χ2n) is 5.80. The number of aryl methyl sites for hydroxylation is 2. The Morgan fingerprint density at radius 3 is 2.56 bits per heavy atom. The van der Waals surface area contributed by atoms with Gasteiger partial charge in [-0.05, 0) is 48.6 Å². The number of hydrogen-bond donors (Lipinski definition) is 3. The van der Waals surface area contributed by atoms with Crippen LogP contribution >= 0.6 is 11.3 Å². The average molecular weight is 361 g/mol. The number of primary amides is 1. The van der Waals surface area contributed by atoms with Crippen LogP contribution < -0.4 is 21.1 Å². The van der Waals surface area contributed by atoms with Crippen molar-refractivity contribution in [1.29, 1.82) is 0 Å². The number of hydrogen-bond acceptors (Lipinski definition) is 4. The normalized spacial score (nSPS) is 11.6. The van der Waals surface area contributed by atoms with Crippen LogP contribution in [0.15, 0.2) is 35.7 Å². The molecule has 134 valence electrons. The smallest absolute Gasteiger partial charge is 0.312 e. The van der Waals surface area contributed by atoms with Gasteiger partial charge in [0.1, 0.15) is 12.4 Å². The average Bonchev–Trinajstić information content (AvgIpc) is 3.04. The fourth-order valence-corrected chi connectivity index (χ4v) is 3.30. The molecule has 0 saturated heterocycles. The molecule has 3 amide bonds. The summed E-state index contributed by atoms with van der Waals surface area (Å²) in [5, 5.41) is 7.28. The number of carbonyl (C=O) groups excluding carboxylic acids is 2. The first-order chi connectivity index (χ1) is 11.9. The topological polar surface area (TPSA) is 93.4 Å². The molecule has 7 heteroatoms. The molecule has 1 aromatic heterocycles. The van der Waals surface area contributed by atoms with Gasteiger partial charge in [0.2, 0.25) is 5.91 Å². The highest BCUT2D eigenvalue weighted by Gasteiger charge is 2.18. The third-order valence-electron chi connectivity index (χ3n) is 3.48. The molecule has 0 spiro atoms. The Morgan fingerprint density at radius 1 is 1.24 bits per heavy atom. The summed E-state index contributed by atoms with van der Waals surface area (Å²) in [5.74, 6) is 0.620. The number of nitrogens with one attached hydrogen (secondary N) is 2. The van der Waals surface area contributed by atoms with Gasteiger partial charge in [0.05, 0.1) is 19.0 Å². The number of rotatable bonds is 8. The molecule has 0 aliphatic rings. The van der Waals surface area contributed by atoms with E-state index in [-0.39, 0.29) is 12.3 Å². The Kier molecular flexibility index (Phi) is 6.82. The summed E-state index contributed by atoms with van der Waals surface area (Å²) in [6, 6.07) is 8.65. The fraction of sp³-hybridized carbons (Fsp3) is 0.333. The molecule has 6 nitrogen and oxygen atoms in total. The van der Waals surface area contributed by atoms with Crippen molar-refractivity contribution >= 4 is 23.3 Å². The molecule has 2 aromatic rings. The van der Waals surface area contributed by atoms with Crippen LogP contribution in [0.4, 0.5) is 4.79 Å². The lowest BCUT2D eigenvalue weighted by molar-refractivity contribution is -0.121. The van der Waals surface area contributed by atoms with E-state index in [0.29, 0.717) is 13.2 Å². The van der Waals surface area contributed by atoms with Crippen molar-refractivity contribution in [2.45, 2.75) is 26.3 Å². The molecule has 0 bridgehead atoms. The maximum absolute atomic E-state index is 12.1. The molecule has 1 unspecified atom stereocenters. The Labute approximate surface area is 151 Å². The van der Waals surface area contributed by atoms with E-state index in [1.54, 1.807) is 0 Å². The number of thiophene rings is 1. The molecule has 1 heterocycles. The zero-order valence-corrected chi connectivity index (χ0v) is 15.2. The van der Waals surface area contributed by atoms with E-state index >= 15 is 0 Å². The van der Waals surface area contributed by atoms with Crippen molar-refractivity contribution < 1.29 is 14.3 Å². The van der Waals surface area contributed by atoms with Crippen molar-refractivity contribution in [2.24, 2.45) is 5.73 Å². The van der Waals surface area contributed by atoms with Crippen molar-refractivity contribution in [3.05, 3.63) is 51.7 Å². The molecule has 0 radical (unpaired) electrons. The van der Waals surface area contributed by atoms with Gasteiger partial charge in [0.15, 0.2) is 0 Å². The van der Waals surface area contributed by atoms with E-state index in [1.807, 2.05) is 43.5 Å². The molecule has 1 atom stereocenters. The van der Waals surface area contributed by atoms with Gasteiger partial charge in [0, 0.05) is 4.88 Å². The maximum Gasteiger partial charge on any atom is 0.312 e. The van der Waals surface area contributed by atoms with Crippen LogP contribution in [0.2, 0.25) is 0 Å². The minimum Gasteiger partial charge on any atom is -0.492 e. The van der Waals surface area contributed by atoms with Gasteiger partial charge < -0.3 is 21.1 Å². The highest BCUT2D eigenvalue weighted by atomic mass is 32.1. The maximum atomic E-state index is 12.1. The second kappa shape index (κ2) is 9.08. The molecule has 25 heavy (non-hydrogen) atoms. The van der Waals surface area contributed by atoms with Gasteiger partial charge in [0.25, 0.3) is 0 Å². The summed E-state index contributed by atoms with van der Waals surface area (Å²) in [5.41, 5.74) is 7.46. The van der Waals surface area contributed by atoms with Crippen molar-refractivity contribution in [3.8, 4) is 5.75 Å². The SMILES string of the molecule is Cc1cc(C)cc(OCCNC(=O)CC(NC(N)=O)c2cccs2)c1. The van der Waals surface area contributed by atoms with Gasteiger partial charge in [-0.25, -0.2) is 4.79 Å². The zero-order chi connectivity index (χ0) is 18.2. The summed E-state index contributed by atoms with van der Waals surface area (Å²) in [4.78, 5) is 24.1. The van der Waals surface area contributed by atoms with E-state index in [4.69, 9.17) is 10.5 Å². The number of benzene rings is 1. The number of ether oxygens (including phenoxy) is 1. The summed E-state index contributed by atoms with van der Waals surface area (Å²) >= 11 is 1.47. The van der Waals surface area contributed by atoms with Crippen LogP contribution in [0.25, 0.3) is 0 Å². The molecule has 2 rings (SSSR count). The Bertz CT molecular complexity index is 696. The minimum atomic E-state index is -0.649. The number of nitrogens with two attached hydrogens (primary N) is 1. The monoisotopic (exact) mass is 361 g/mol. The highest BCUT2D eigenvalue weighted by Crippen LogP contribution is 2.21. The van der Waals surface area contributed by atoms with Gasteiger partial charge in [-0.1, -0.05) is 12.1 Å². The fourth-order valence-electron chi connectivity index (χ4n) is 2.52. The van der Waals surface area contributed by atoms with Gasteiger partial charge in [-0.15, -0.1) is 11.3 Å². The predicted molar refractivity (Wildman–Crippen MR) is 98.8 cm³/mol. The molecular weight excluding hydrogens is 338 g/mol. The van der Waals surface area contributed by atoms with Crippen LogP contribution in [0.5, 0.6) is 5.75 Å². The third kappa shape index (κ3) is 6.46. The van der Waals surface area contributed by atoms with Crippen LogP contribution in [0.1, 0.15) is 28.5 Å². The first-order valence-corrected chi connectivity index (χ1v) is 8.89. The lowest BCUT2D eigenvalue weighted by atomic mass is 10.1. The summed E-state index contributed by atoms with van der Waals surface area (Å²) in [6.07, 6.45) is 0.132. The number of amides is 3. The molecule has 0 aliphatic heterocycles. The lowest BCUT2D eigenvalue weighted by Gasteiger charge is -2.16. The molecular formula is C18H23N3O3S.